The van der Waals surface area contributed by atoms with Crippen LogP contribution in [0.5, 0.6) is 5.75 Å². The summed E-state index contributed by atoms with van der Waals surface area (Å²) in [6, 6.07) is 14.1. The zero-order valence-electron chi connectivity index (χ0n) is 16.3. The summed E-state index contributed by atoms with van der Waals surface area (Å²) in [5.41, 5.74) is 7.96. The Bertz CT molecular complexity index is 826. The van der Waals surface area contributed by atoms with Gasteiger partial charge in [-0.15, -0.1) is 12.4 Å². The minimum absolute atomic E-state index is 0. The first-order valence-electron chi connectivity index (χ1n) is 9.24. The number of morpholine rings is 1. The highest BCUT2D eigenvalue weighted by Gasteiger charge is 2.20. The van der Waals surface area contributed by atoms with Crippen LogP contribution in [0.25, 0.3) is 0 Å². The fraction of sp³-hybridized carbons (Fsp3) is 0.333. The van der Waals surface area contributed by atoms with Crippen LogP contribution in [-0.4, -0.2) is 50.1 Å². The van der Waals surface area contributed by atoms with Gasteiger partial charge in [-0.3, -0.25) is 9.59 Å². The predicted octanol–water partition coefficient (Wildman–Crippen LogP) is 2.62. The van der Waals surface area contributed by atoms with E-state index in [2.05, 4.69) is 5.32 Å². The third-order valence-electron chi connectivity index (χ3n) is 4.65. The molecule has 0 radical (unpaired) electrons. The molecule has 1 fully saturated rings. The van der Waals surface area contributed by atoms with Gasteiger partial charge in [-0.1, -0.05) is 30.3 Å². The number of benzene rings is 2. The van der Waals surface area contributed by atoms with Crippen molar-refractivity contribution in [3.05, 3.63) is 59.7 Å². The van der Waals surface area contributed by atoms with Gasteiger partial charge in [-0.25, -0.2) is 0 Å². The maximum Gasteiger partial charge on any atom is 0.254 e. The third-order valence-corrected chi connectivity index (χ3v) is 4.65. The topological polar surface area (TPSA) is 93.9 Å². The highest BCUT2D eigenvalue weighted by Crippen LogP contribution is 2.27. The van der Waals surface area contributed by atoms with Crippen molar-refractivity contribution in [1.29, 1.82) is 0 Å². The average molecular weight is 420 g/mol. The molecule has 1 atom stereocenters. The highest BCUT2D eigenvalue weighted by molar-refractivity contribution is 5.98. The van der Waals surface area contributed by atoms with Gasteiger partial charge in [0, 0.05) is 31.1 Å². The summed E-state index contributed by atoms with van der Waals surface area (Å²) < 4.78 is 10.6. The largest absolute Gasteiger partial charge is 0.495 e. The Hall–Kier alpha value is -2.61. The molecule has 0 aliphatic carbocycles. The molecule has 7 nitrogen and oxygen atoms in total. The number of rotatable bonds is 6. The van der Waals surface area contributed by atoms with Crippen LogP contribution >= 0.6 is 12.4 Å². The number of ether oxygens (including phenoxy) is 2. The van der Waals surface area contributed by atoms with Crippen molar-refractivity contribution >= 4 is 29.9 Å². The fourth-order valence-electron chi connectivity index (χ4n) is 3.11. The van der Waals surface area contributed by atoms with E-state index < -0.39 is 6.04 Å². The summed E-state index contributed by atoms with van der Waals surface area (Å²) in [5.74, 6) is 0.147. The SMILES string of the molecule is COc1ccc(C(=O)N2CCOCC2)cc1NC(=O)CC(N)c1ccccc1.Cl. The zero-order chi connectivity index (χ0) is 19.9. The van der Waals surface area contributed by atoms with Gasteiger partial charge < -0.3 is 25.4 Å². The van der Waals surface area contributed by atoms with Gasteiger partial charge in [0.05, 0.1) is 26.0 Å². The molecule has 29 heavy (non-hydrogen) atoms. The molecule has 8 heteroatoms. The van der Waals surface area contributed by atoms with Crippen LogP contribution in [-0.2, 0) is 9.53 Å². The molecule has 2 amide bonds. The van der Waals surface area contributed by atoms with E-state index >= 15 is 0 Å². The third kappa shape index (κ3) is 5.93. The van der Waals surface area contributed by atoms with Gasteiger partial charge in [0.2, 0.25) is 5.91 Å². The van der Waals surface area contributed by atoms with Gasteiger partial charge in [0.25, 0.3) is 5.91 Å². The van der Waals surface area contributed by atoms with Gasteiger partial charge in [-0.05, 0) is 23.8 Å². The number of carbonyl (C=O) groups is 2. The Kier molecular flexibility index (Phi) is 8.45. The number of halogens is 1. The van der Waals surface area contributed by atoms with Crippen LogP contribution in [0.3, 0.4) is 0 Å². The molecule has 0 aromatic heterocycles. The Morgan fingerprint density at radius 1 is 1.17 bits per heavy atom. The smallest absolute Gasteiger partial charge is 0.254 e. The van der Waals surface area contributed by atoms with Crippen molar-refractivity contribution < 1.29 is 19.1 Å². The predicted molar refractivity (Wildman–Crippen MR) is 114 cm³/mol. The lowest BCUT2D eigenvalue weighted by atomic mass is 10.0. The van der Waals surface area contributed by atoms with E-state index in [9.17, 15) is 9.59 Å². The van der Waals surface area contributed by atoms with Crippen LogP contribution in [0.15, 0.2) is 48.5 Å². The summed E-state index contributed by atoms with van der Waals surface area (Å²) in [6.07, 6.45) is 0.120. The molecule has 3 N–H and O–H groups in total. The normalized spacial score (nSPS) is 14.5. The van der Waals surface area contributed by atoms with E-state index in [1.807, 2.05) is 30.3 Å². The molecule has 1 unspecified atom stereocenters. The first-order chi connectivity index (χ1) is 13.6. The number of methoxy groups -OCH3 is 1. The highest BCUT2D eigenvalue weighted by atomic mass is 35.5. The first-order valence-corrected chi connectivity index (χ1v) is 9.24. The minimum Gasteiger partial charge on any atom is -0.495 e. The molecule has 0 saturated carbocycles. The Morgan fingerprint density at radius 3 is 2.52 bits per heavy atom. The molecular formula is C21H26ClN3O4. The molecule has 0 spiro atoms. The standard InChI is InChI=1S/C21H25N3O4.ClH/c1-27-19-8-7-16(21(26)24-9-11-28-12-10-24)13-18(19)23-20(25)14-17(22)15-5-3-2-4-6-15;/h2-8,13,17H,9-12,14,22H2,1H3,(H,23,25);1H. The van der Waals surface area contributed by atoms with Crippen molar-refractivity contribution in [3.63, 3.8) is 0 Å². The molecule has 1 aliphatic heterocycles. The first kappa shape index (κ1) is 22.7. The van der Waals surface area contributed by atoms with Crippen LogP contribution in [0.2, 0.25) is 0 Å². The van der Waals surface area contributed by atoms with Gasteiger partial charge >= 0.3 is 0 Å². The number of hydrogen-bond donors (Lipinski definition) is 2. The number of nitrogens with one attached hydrogen (secondary N) is 1. The van der Waals surface area contributed by atoms with E-state index in [4.69, 9.17) is 15.2 Å². The molecule has 2 aromatic rings. The van der Waals surface area contributed by atoms with Crippen molar-refractivity contribution in [2.75, 3.05) is 38.7 Å². The second-order valence-electron chi connectivity index (χ2n) is 6.59. The fourth-order valence-corrected chi connectivity index (χ4v) is 3.11. The summed E-state index contributed by atoms with van der Waals surface area (Å²) in [6.45, 7) is 2.17. The number of nitrogens with two attached hydrogens (primary N) is 1. The molecule has 0 bridgehead atoms. The minimum atomic E-state index is -0.412. The van der Waals surface area contributed by atoms with Gasteiger partial charge in [0.15, 0.2) is 0 Å². The van der Waals surface area contributed by atoms with Crippen LogP contribution in [0.4, 0.5) is 5.69 Å². The average Bonchev–Trinajstić information content (AvgIpc) is 2.74. The molecule has 1 saturated heterocycles. The van der Waals surface area contributed by atoms with E-state index in [1.165, 1.54) is 7.11 Å². The monoisotopic (exact) mass is 419 g/mol. The Balaban J connectivity index is 0.00000300. The van der Waals surface area contributed by atoms with E-state index in [0.717, 1.165) is 5.56 Å². The number of carbonyl (C=O) groups excluding carboxylic acids is 2. The molecule has 1 heterocycles. The van der Waals surface area contributed by atoms with E-state index in [0.29, 0.717) is 43.3 Å². The lowest BCUT2D eigenvalue weighted by Crippen LogP contribution is -2.40. The maximum absolute atomic E-state index is 12.7. The zero-order valence-corrected chi connectivity index (χ0v) is 17.1. The lowest BCUT2D eigenvalue weighted by molar-refractivity contribution is -0.116. The number of anilines is 1. The van der Waals surface area contributed by atoms with Crippen LogP contribution < -0.4 is 15.8 Å². The van der Waals surface area contributed by atoms with Crippen molar-refractivity contribution in [2.24, 2.45) is 5.73 Å². The summed E-state index contributed by atoms with van der Waals surface area (Å²) >= 11 is 0. The van der Waals surface area contributed by atoms with E-state index in [-0.39, 0.29) is 30.6 Å². The molecular weight excluding hydrogens is 394 g/mol. The van der Waals surface area contributed by atoms with Gasteiger partial charge in [0.1, 0.15) is 5.75 Å². The van der Waals surface area contributed by atoms with Crippen LogP contribution in [0, 0.1) is 0 Å². The summed E-state index contributed by atoms with van der Waals surface area (Å²) in [4.78, 5) is 26.9. The number of amides is 2. The molecule has 1 aliphatic rings. The van der Waals surface area contributed by atoms with Gasteiger partial charge in [-0.2, -0.15) is 0 Å². The summed E-state index contributed by atoms with van der Waals surface area (Å²) in [5, 5.41) is 2.82. The number of nitrogens with zero attached hydrogens (tertiary/aromatic N) is 1. The second-order valence-corrected chi connectivity index (χ2v) is 6.59. The molecule has 156 valence electrons. The molecule has 2 aromatic carbocycles. The van der Waals surface area contributed by atoms with Crippen LogP contribution in [0.1, 0.15) is 28.4 Å². The quantitative estimate of drug-likeness (QED) is 0.750. The maximum atomic E-state index is 12.7. The Labute approximate surface area is 176 Å². The van der Waals surface area contributed by atoms with Crippen molar-refractivity contribution in [2.45, 2.75) is 12.5 Å². The van der Waals surface area contributed by atoms with Crippen molar-refractivity contribution in [1.82, 2.24) is 4.90 Å². The van der Waals surface area contributed by atoms with Crippen molar-refractivity contribution in [3.8, 4) is 5.75 Å². The molecule has 3 rings (SSSR count). The second kappa shape index (κ2) is 10.8. The van der Waals surface area contributed by atoms with E-state index in [1.54, 1.807) is 23.1 Å². The Morgan fingerprint density at radius 2 is 1.86 bits per heavy atom. The number of hydrogen-bond acceptors (Lipinski definition) is 5. The summed E-state index contributed by atoms with van der Waals surface area (Å²) in [7, 11) is 1.52. The lowest BCUT2D eigenvalue weighted by Gasteiger charge is -2.27.